The zero-order valence-corrected chi connectivity index (χ0v) is 20.8. The number of rotatable bonds is 8. The van der Waals surface area contributed by atoms with Crippen LogP contribution in [0, 0.1) is 5.82 Å². The molecular formula is C28H29FN2O6. The molecule has 2 heterocycles. The predicted molar refractivity (Wildman–Crippen MR) is 134 cm³/mol. The van der Waals surface area contributed by atoms with Crippen molar-refractivity contribution in [2.45, 2.75) is 37.9 Å². The number of halogens is 1. The molecule has 2 fully saturated rings. The van der Waals surface area contributed by atoms with Crippen molar-refractivity contribution in [3.05, 3.63) is 81.5 Å². The van der Waals surface area contributed by atoms with Gasteiger partial charge in [-0.15, -0.1) is 0 Å². The number of methoxy groups -OCH3 is 2. The third kappa shape index (κ3) is 4.91. The number of hydrogen-bond acceptors (Lipinski definition) is 6. The lowest BCUT2D eigenvalue weighted by atomic mass is 9.98. The number of likely N-dealkylation sites (tertiary alicyclic amines) is 1. The summed E-state index contributed by atoms with van der Waals surface area (Å²) in [5.74, 6) is -0.539. The minimum absolute atomic E-state index is 0.00875. The van der Waals surface area contributed by atoms with Gasteiger partial charge in [0.1, 0.15) is 34.3 Å². The third-order valence-corrected chi connectivity index (χ3v) is 6.91. The van der Waals surface area contributed by atoms with Crippen molar-refractivity contribution in [1.82, 2.24) is 9.47 Å². The molecule has 9 heteroatoms. The van der Waals surface area contributed by atoms with E-state index in [1.54, 1.807) is 35.2 Å². The molecule has 1 atom stereocenters. The summed E-state index contributed by atoms with van der Waals surface area (Å²) >= 11 is 0. The molecule has 37 heavy (non-hydrogen) atoms. The van der Waals surface area contributed by atoms with Gasteiger partial charge in [0.2, 0.25) is 0 Å². The molecule has 1 unspecified atom stereocenters. The summed E-state index contributed by atoms with van der Waals surface area (Å²) in [5, 5.41) is 10.9. The number of carbonyl (C=O) groups excluding carboxylic acids is 1. The first-order valence-electron chi connectivity index (χ1n) is 12.3. The fourth-order valence-electron chi connectivity index (χ4n) is 4.80. The molecule has 0 bridgehead atoms. The summed E-state index contributed by atoms with van der Waals surface area (Å²) in [6.07, 6.45) is 2.66. The zero-order valence-electron chi connectivity index (χ0n) is 20.8. The first-order chi connectivity index (χ1) is 17.9. The van der Waals surface area contributed by atoms with Gasteiger partial charge in [0.25, 0.3) is 11.5 Å². The highest BCUT2D eigenvalue weighted by molar-refractivity contribution is 5.97. The van der Waals surface area contributed by atoms with Gasteiger partial charge < -0.3 is 24.2 Å². The van der Waals surface area contributed by atoms with Gasteiger partial charge in [-0.05, 0) is 49.1 Å². The van der Waals surface area contributed by atoms with Gasteiger partial charge in [-0.2, -0.15) is 0 Å². The number of para-hydroxylation sites is 1. The van der Waals surface area contributed by atoms with Crippen molar-refractivity contribution in [3.8, 4) is 22.9 Å². The Labute approximate surface area is 213 Å². The van der Waals surface area contributed by atoms with E-state index in [9.17, 15) is 19.1 Å². The molecule has 1 amide bonds. The number of hydrogen-bond donors (Lipinski definition) is 1. The van der Waals surface area contributed by atoms with E-state index in [2.05, 4.69) is 0 Å². The number of aromatic nitrogens is 1. The Hall–Kier alpha value is -3.85. The molecular weight excluding hydrogens is 479 g/mol. The smallest absolute Gasteiger partial charge is 0.272 e. The van der Waals surface area contributed by atoms with Gasteiger partial charge in [0.05, 0.1) is 32.6 Å². The Bertz CT molecular complexity index is 1340. The first kappa shape index (κ1) is 24.8. The minimum Gasteiger partial charge on any atom is -0.507 e. The quantitative estimate of drug-likeness (QED) is 0.495. The van der Waals surface area contributed by atoms with E-state index in [4.69, 9.17) is 14.2 Å². The maximum Gasteiger partial charge on any atom is 0.272 e. The van der Waals surface area contributed by atoms with Crippen LogP contribution < -0.4 is 15.0 Å². The molecule has 1 aromatic heterocycles. The molecule has 1 aliphatic heterocycles. The monoisotopic (exact) mass is 508 g/mol. The molecule has 1 saturated carbocycles. The van der Waals surface area contributed by atoms with E-state index in [1.165, 1.54) is 37.0 Å². The van der Waals surface area contributed by atoms with Crippen LogP contribution in [0.15, 0.2) is 53.3 Å². The van der Waals surface area contributed by atoms with Crippen LogP contribution in [0.3, 0.4) is 0 Å². The summed E-state index contributed by atoms with van der Waals surface area (Å²) in [4.78, 5) is 29.1. The van der Waals surface area contributed by atoms with Crippen LogP contribution in [-0.4, -0.2) is 53.9 Å². The average Bonchev–Trinajstić information content (AvgIpc) is 3.60. The second-order valence-electron chi connectivity index (χ2n) is 9.35. The number of carbonyl (C=O) groups is 1. The van der Waals surface area contributed by atoms with Crippen molar-refractivity contribution >= 4 is 5.91 Å². The lowest BCUT2D eigenvalue weighted by molar-refractivity contribution is 0.0783. The SMILES string of the molecule is COc1cccc(OC)c1-n1c(COC2CC2)cc(O)c(C(=O)N2CCC(c3ccc(F)cc3)C2)c1=O. The minimum atomic E-state index is -0.688. The van der Waals surface area contributed by atoms with Crippen LogP contribution in [0.5, 0.6) is 17.2 Å². The molecule has 1 saturated heterocycles. The Morgan fingerprint density at radius 3 is 2.35 bits per heavy atom. The highest BCUT2D eigenvalue weighted by atomic mass is 19.1. The Kier molecular flexibility index (Phi) is 6.88. The summed E-state index contributed by atoms with van der Waals surface area (Å²) < 4.78 is 31.6. The maximum atomic E-state index is 13.9. The van der Waals surface area contributed by atoms with Crippen molar-refractivity contribution in [1.29, 1.82) is 0 Å². The Morgan fingerprint density at radius 2 is 1.73 bits per heavy atom. The Balaban J connectivity index is 1.55. The number of aromatic hydroxyl groups is 1. The molecule has 1 aliphatic carbocycles. The van der Waals surface area contributed by atoms with E-state index >= 15 is 0 Å². The summed E-state index contributed by atoms with van der Waals surface area (Å²) in [6, 6.07) is 12.7. The molecule has 8 nitrogen and oxygen atoms in total. The van der Waals surface area contributed by atoms with Gasteiger partial charge in [-0.1, -0.05) is 18.2 Å². The van der Waals surface area contributed by atoms with Crippen LogP contribution in [-0.2, 0) is 11.3 Å². The lowest BCUT2D eigenvalue weighted by Gasteiger charge is -2.22. The van der Waals surface area contributed by atoms with Gasteiger partial charge in [-0.25, -0.2) is 4.39 Å². The van der Waals surface area contributed by atoms with E-state index in [1.807, 2.05) is 0 Å². The number of ether oxygens (including phenoxy) is 3. The van der Waals surface area contributed by atoms with Gasteiger partial charge in [0, 0.05) is 25.1 Å². The standard InChI is InChI=1S/C28H29FN2O6/c1-35-23-4-3-5-24(36-2)26(23)31-20(16-37-21-10-11-21)14-22(32)25(28(31)34)27(33)30-13-12-18(15-30)17-6-8-19(29)9-7-17/h3-9,14,18,21,32H,10-13,15-16H2,1-2H3. The lowest BCUT2D eigenvalue weighted by Crippen LogP contribution is -2.36. The highest BCUT2D eigenvalue weighted by Gasteiger charge is 2.33. The molecule has 2 aliphatic rings. The number of amides is 1. The van der Waals surface area contributed by atoms with Crippen molar-refractivity contribution < 1.29 is 28.5 Å². The van der Waals surface area contributed by atoms with Crippen LogP contribution in [0.2, 0.25) is 0 Å². The van der Waals surface area contributed by atoms with E-state index in [0.29, 0.717) is 42.4 Å². The van der Waals surface area contributed by atoms with Crippen LogP contribution in [0.1, 0.15) is 46.8 Å². The fourth-order valence-corrected chi connectivity index (χ4v) is 4.80. The summed E-state index contributed by atoms with van der Waals surface area (Å²) in [5.41, 5.74) is 0.603. The number of pyridine rings is 1. The maximum absolute atomic E-state index is 13.9. The molecule has 1 N–H and O–H groups in total. The number of nitrogens with zero attached hydrogens (tertiary/aromatic N) is 2. The van der Waals surface area contributed by atoms with Gasteiger partial charge in [-0.3, -0.25) is 14.2 Å². The molecule has 0 spiro atoms. The highest BCUT2D eigenvalue weighted by Crippen LogP contribution is 2.35. The van der Waals surface area contributed by atoms with Gasteiger partial charge in [0.15, 0.2) is 0 Å². The van der Waals surface area contributed by atoms with Crippen LogP contribution >= 0.6 is 0 Å². The van der Waals surface area contributed by atoms with E-state index < -0.39 is 17.2 Å². The zero-order chi connectivity index (χ0) is 26.1. The molecule has 2 aromatic carbocycles. The molecule has 0 radical (unpaired) electrons. The average molecular weight is 509 g/mol. The topological polar surface area (TPSA) is 90.2 Å². The fraction of sp³-hybridized carbons (Fsp3) is 0.357. The van der Waals surface area contributed by atoms with E-state index in [0.717, 1.165) is 18.4 Å². The van der Waals surface area contributed by atoms with E-state index in [-0.39, 0.29) is 30.0 Å². The summed E-state index contributed by atoms with van der Waals surface area (Å²) in [7, 11) is 2.96. The normalized spacial score (nSPS) is 17.2. The summed E-state index contributed by atoms with van der Waals surface area (Å²) in [6.45, 7) is 0.831. The largest absolute Gasteiger partial charge is 0.507 e. The third-order valence-electron chi connectivity index (χ3n) is 6.91. The van der Waals surface area contributed by atoms with Crippen molar-refractivity contribution in [2.24, 2.45) is 0 Å². The Morgan fingerprint density at radius 1 is 1.05 bits per heavy atom. The molecule has 5 rings (SSSR count). The van der Waals surface area contributed by atoms with Crippen molar-refractivity contribution in [3.63, 3.8) is 0 Å². The molecule has 194 valence electrons. The van der Waals surface area contributed by atoms with Gasteiger partial charge >= 0.3 is 0 Å². The van der Waals surface area contributed by atoms with Crippen LogP contribution in [0.4, 0.5) is 4.39 Å². The second kappa shape index (κ2) is 10.3. The first-order valence-corrected chi connectivity index (χ1v) is 12.3. The second-order valence-corrected chi connectivity index (χ2v) is 9.35. The number of benzene rings is 2. The van der Waals surface area contributed by atoms with Crippen LogP contribution in [0.25, 0.3) is 5.69 Å². The van der Waals surface area contributed by atoms with Crippen molar-refractivity contribution in [2.75, 3.05) is 27.3 Å². The molecule has 3 aromatic rings. The predicted octanol–water partition coefficient (Wildman–Crippen LogP) is 4.01.